The number of nitrogens with zero attached hydrogens (tertiary/aromatic N) is 4. The van der Waals surface area contributed by atoms with E-state index in [4.69, 9.17) is 0 Å². The molecule has 2 aromatic rings. The molecule has 0 saturated carbocycles. The van der Waals surface area contributed by atoms with Gasteiger partial charge in [-0.25, -0.2) is 0 Å². The van der Waals surface area contributed by atoms with Crippen LogP contribution in [0.3, 0.4) is 0 Å². The Labute approximate surface area is 165 Å². The smallest absolute Gasteiger partial charge is 0.255 e. The van der Waals surface area contributed by atoms with Crippen molar-refractivity contribution in [2.24, 2.45) is 7.05 Å². The molecule has 1 fully saturated rings. The minimum absolute atomic E-state index is 0.00393. The average molecular weight is 381 g/mol. The highest BCUT2D eigenvalue weighted by molar-refractivity contribution is 6.09. The van der Waals surface area contributed by atoms with Crippen LogP contribution in [0.25, 0.3) is 0 Å². The first-order chi connectivity index (χ1) is 13.5. The second-order valence-corrected chi connectivity index (χ2v) is 7.74. The van der Waals surface area contributed by atoms with Crippen LogP contribution in [-0.4, -0.2) is 57.6 Å². The van der Waals surface area contributed by atoms with Crippen molar-refractivity contribution in [2.75, 3.05) is 20.1 Å². The fourth-order valence-corrected chi connectivity index (χ4v) is 4.33. The van der Waals surface area contributed by atoms with Crippen molar-refractivity contribution in [3.8, 4) is 0 Å². The zero-order valence-corrected chi connectivity index (χ0v) is 16.7. The summed E-state index contributed by atoms with van der Waals surface area (Å²) in [6.45, 7) is 5.52. The number of carbonyl (C=O) groups is 2. The summed E-state index contributed by atoms with van der Waals surface area (Å²) in [6.07, 6.45) is 3.85. The summed E-state index contributed by atoms with van der Waals surface area (Å²) in [6, 6.07) is 5.78. The van der Waals surface area contributed by atoms with Gasteiger partial charge in [0.25, 0.3) is 11.8 Å². The molecule has 0 atom stereocenters. The molecule has 7 nitrogen and oxygen atoms in total. The molecule has 4 rings (SSSR count). The highest BCUT2D eigenvalue weighted by Crippen LogP contribution is 2.31. The Balaban J connectivity index is 1.42. The molecule has 28 heavy (non-hydrogen) atoms. The molecule has 1 saturated heterocycles. The van der Waals surface area contributed by atoms with Gasteiger partial charge in [0, 0.05) is 57.6 Å². The Bertz CT molecular complexity index is 912. The van der Waals surface area contributed by atoms with Crippen molar-refractivity contribution in [3.63, 3.8) is 0 Å². The van der Waals surface area contributed by atoms with Crippen molar-refractivity contribution in [1.29, 1.82) is 0 Å². The summed E-state index contributed by atoms with van der Waals surface area (Å²) in [7, 11) is 3.56. The van der Waals surface area contributed by atoms with E-state index in [-0.39, 0.29) is 17.9 Å². The maximum atomic E-state index is 13.1. The maximum absolute atomic E-state index is 13.1. The van der Waals surface area contributed by atoms with Gasteiger partial charge in [0.2, 0.25) is 0 Å². The number of carbonyl (C=O) groups excluding carboxylic acids is 2. The summed E-state index contributed by atoms with van der Waals surface area (Å²) in [4.78, 5) is 29.6. The van der Waals surface area contributed by atoms with Crippen molar-refractivity contribution >= 4 is 11.8 Å². The Morgan fingerprint density at radius 3 is 2.68 bits per heavy atom. The van der Waals surface area contributed by atoms with Crippen LogP contribution in [0.1, 0.15) is 50.4 Å². The van der Waals surface area contributed by atoms with Crippen LogP contribution in [0.2, 0.25) is 0 Å². The first-order valence-corrected chi connectivity index (χ1v) is 9.84. The molecule has 148 valence electrons. The molecule has 1 N–H and O–H groups in total. The van der Waals surface area contributed by atoms with Crippen LogP contribution in [0.5, 0.6) is 0 Å². The highest BCUT2D eigenvalue weighted by atomic mass is 16.2. The molecule has 1 aromatic carbocycles. The summed E-state index contributed by atoms with van der Waals surface area (Å²) >= 11 is 0. The van der Waals surface area contributed by atoms with Gasteiger partial charge in [-0.05, 0) is 31.4 Å². The van der Waals surface area contributed by atoms with Gasteiger partial charge >= 0.3 is 0 Å². The molecule has 1 aromatic heterocycles. The van der Waals surface area contributed by atoms with E-state index in [9.17, 15) is 9.59 Å². The second-order valence-electron chi connectivity index (χ2n) is 7.74. The zero-order chi connectivity index (χ0) is 19.8. The molecule has 3 heterocycles. The largest absolute Gasteiger partial charge is 0.355 e. The molecular weight excluding hydrogens is 354 g/mol. The molecule has 2 aliphatic heterocycles. The normalized spacial score (nSPS) is 17.8. The lowest BCUT2D eigenvalue weighted by Gasteiger charge is -2.36. The van der Waals surface area contributed by atoms with Gasteiger partial charge in [-0.3, -0.25) is 19.2 Å². The molecule has 0 aliphatic carbocycles. The van der Waals surface area contributed by atoms with Gasteiger partial charge in [0.05, 0.1) is 17.3 Å². The van der Waals surface area contributed by atoms with E-state index in [1.165, 1.54) is 11.3 Å². The summed E-state index contributed by atoms with van der Waals surface area (Å²) in [5.74, 6) is -0.204. The predicted molar refractivity (Wildman–Crippen MR) is 106 cm³/mol. The maximum Gasteiger partial charge on any atom is 0.255 e. The quantitative estimate of drug-likeness (QED) is 0.875. The Kier molecular flexibility index (Phi) is 4.93. The summed E-state index contributed by atoms with van der Waals surface area (Å²) in [5.41, 5.74) is 4.49. The number of benzene rings is 1. The number of piperidine rings is 1. The van der Waals surface area contributed by atoms with Crippen molar-refractivity contribution < 1.29 is 9.59 Å². The monoisotopic (exact) mass is 381 g/mol. The topological polar surface area (TPSA) is 70.5 Å². The lowest BCUT2D eigenvalue weighted by Crippen LogP contribution is -2.44. The molecule has 0 radical (unpaired) electrons. The third kappa shape index (κ3) is 3.20. The van der Waals surface area contributed by atoms with Crippen molar-refractivity contribution in [1.82, 2.24) is 24.9 Å². The molecule has 2 aliphatic rings. The summed E-state index contributed by atoms with van der Waals surface area (Å²) in [5, 5.41) is 6.96. The molecule has 7 heteroatoms. The van der Waals surface area contributed by atoms with Crippen molar-refractivity contribution in [2.45, 2.75) is 38.9 Å². The van der Waals surface area contributed by atoms with E-state index in [0.717, 1.165) is 38.0 Å². The molecular formula is C21H27N5O2. The lowest BCUT2D eigenvalue weighted by molar-refractivity contribution is 0.0588. The van der Waals surface area contributed by atoms with E-state index in [1.807, 2.05) is 35.0 Å². The first-order valence-electron chi connectivity index (χ1n) is 9.84. The average Bonchev–Trinajstić information content (AvgIpc) is 3.22. The van der Waals surface area contributed by atoms with E-state index < -0.39 is 0 Å². The Morgan fingerprint density at radius 1 is 1.29 bits per heavy atom. The highest BCUT2D eigenvalue weighted by Gasteiger charge is 2.36. The van der Waals surface area contributed by atoms with Gasteiger partial charge in [-0.2, -0.15) is 5.10 Å². The van der Waals surface area contributed by atoms with Gasteiger partial charge in [-0.15, -0.1) is 0 Å². The number of fused-ring (bicyclic) bond motifs is 1. The van der Waals surface area contributed by atoms with E-state index in [1.54, 1.807) is 13.1 Å². The van der Waals surface area contributed by atoms with E-state index in [0.29, 0.717) is 17.7 Å². The Hall–Kier alpha value is -2.67. The number of aromatic nitrogens is 2. The third-order valence-electron chi connectivity index (χ3n) is 6.17. The van der Waals surface area contributed by atoms with Crippen LogP contribution in [-0.2, 0) is 20.1 Å². The molecule has 0 spiro atoms. The number of hydrogen-bond donors (Lipinski definition) is 1. The van der Waals surface area contributed by atoms with Crippen LogP contribution >= 0.6 is 0 Å². The van der Waals surface area contributed by atoms with Gasteiger partial charge in [0.15, 0.2) is 0 Å². The number of nitrogens with one attached hydrogen (secondary N) is 1. The molecule has 2 amide bonds. The van der Waals surface area contributed by atoms with Crippen LogP contribution in [0.15, 0.2) is 24.4 Å². The third-order valence-corrected chi connectivity index (χ3v) is 6.17. The van der Waals surface area contributed by atoms with Gasteiger partial charge in [0.1, 0.15) is 0 Å². The second kappa shape index (κ2) is 7.39. The SMILES string of the molecule is CNC(=O)c1cccc2c1C(=O)N(C1CCN(Cc3cnn(C)c3C)CC1)C2. The minimum Gasteiger partial charge on any atom is -0.355 e. The number of amides is 2. The van der Waals surface area contributed by atoms with Crippen LogP contribution in [0.4, 0.5) is 0 Å². The summed E-state index contributed by atoms with van der Waals surface area (Å²) < 4.78 is 1.91. The standard InChI is InChI=1S/C21H27N5O2/c1-14-16(11-23-24(14)3)12-25-9-7-17(8-10-25)26-13-15-5-4-6-18(20(27)22-2)19(15)21(26)28/h4-6,11,17H,7-10,12-13H2,1-3H3,(H,22,27). The fraction of sp³-hybridized carbons (Fsp3) is 0.476. The first kappa shape index (κ1) is 18.7. The lowest BCUT2D eigenvalue weighted by atomic mass is 10.0. The Morgan fingerprint density at radius 2 is 2.04 bits per heavy atom. The van der Waals surface area contributed by atoms with Gasteiger partial charge < -0.3 is 10.2 Å². The predicted octanol–water partition coefficient (Wildman–Crippen LogP) is 1.71. The molecule has 0 unspecified atom stereocenters. The van der Waals surface area contributed by atoms with Gasteiger partial charge in [-0.1, -0.05) is 12.1 Å². The number of hydrogen-bond acceptors (Lipinski definition) is 4. The number of aryl methyl sites for hydroxylation is 1. The number of rotatable bonds is 4. The fourth-order valence-electron chi connectivity index (χ4n) is 4.33. The van der Waals surface area contributed by atoms with E-state index in [2.05, 4.69) is 22.2 Å². The number of likely N-dealkylation sites (tertiary alicyclic amines) is 1. The van der Waals surface area contributed by atoms with E-state index >= 15 is 0 Å². The van der Waals surface area contributed by atoms with Crippen LogP contribution in [0, 0.1) is 6.92 Å². The minimum atomic E-state index is -0.200. The van der Waals surface area contributed by atoms with Crippen molar-refractivity contribution in [3.05, 3.63) is 52.3 Å². The zero-order valence-electron chi connectivity index (χ0n) is 16.7. The molecule has 0 bridgehead atoms. The van der Waals surface area contributed by atoms with Crippen LogP contribution < -0.4 is 5.32 Å².